The number of esters is 1. The number of anilines is 1. The first-order valence-electron chi connectivity index (χ1n) is 5.90. The van der Waals surface area contributed by atoms with E-state index in [1.54, 1.807) is 12.1 Å². The SMILES string of the molecule is COC(=O)c1ccc(CC2OCCCO2)c(N)c1. The summed E-state index contributed by atoms with van der Waals surface area (Å²) in [5, 5.41) is 0. The van der Waals surface area contributed by atoms with Crippen LogP contribution in [0.2, 0.25) is 0 Å². The summed E-state index contributed by atoms with van der Waals surface area (Å²) in [5.74, 6) is -0.390. The van der Waals surface area contributed by atoms with Crippen molar-refractivity contribution in [1.29, 1.82) is 0 Å². The molecule has 2 rings (SSSR count). The Hall–Kier alpha value is -1.59. The lowest BCUT2D eigenvalue weighted by Crippen LogP contribution is -2.27. The van der Waals surface area contributed by atoms with Gasteiger partial charge in [-0.05, 0) is 24.1 Å². The van der Waals surface area contributed by atoms with Crippen molar-refractivity contribution in [3.05, 3.63) is 29.3 Å². The Bertz CT molecular complexity index is 427. The van der Waals surface area contributed by atoms with Gasteiger partial charge in [-0.15, -0.1) is 0 Å². The van der Waals surface area contributed by atoms with Gasteiger partial charge in [0.25, 0.3) is 0 Å². The van der Waals surface area contributed by atoms with Crippen molar-refractivity contribution in [2.45, 2.75) is 19.1 Å². The molecule has 98 valence electrons. The van der Waals surface area contributed by atoms with Crippen LogP contribution in [0.1, 0.15) is 22.3 Å². The van der Waals surface area contributed by atoms with Crippen LogP contribution in [0, 0.1) is 0 Å². The zero-order chi connectivity index (χ0) is 13.0. The summed E-state index contributed by atoms with van der Waals surface area (Å²) in [6.07, 6.45) is 1.27. The molecule has 2 N–H and O–H groups in total. The first-order valence-corrected chi connectivity index (χ1v) is 5.90. The Morgan fingerprint density at radius 1 is 1.44 bits per heavy atom. The maximum atomic E-state index is 11.3. The van der Waals surface area contributed by atoms with Gasteiger partial charge in [0.05, 0.1) is 25.9 Å². The molecule has 1 aliphatic heterocycles. The summed E-state index contributed by atoms with van der Waals surface area (Å²) in [5.41, 5.74) is 7.82. The van der Waals surface area contributed by atoms with Gasteiger partial charge in [0.2, 0.25) is 0 Å². The average molecular weight is 251 g/mol. The quantitative estimate of drug-likeness (QED) is 0.648. The monoisotopic (exact) mass is 251 g/mol. The van der Waals surface area contributed by atoms with Crippen molar-refractivity contribution in [2.75, 3.05) is 26.1 Å². The molecule has 0 spiro atoms. The predicted molar refractivity (Wildman–Crippen MR) is 66.2 cm³/mol. The number of nitrogen functional groups attached to an aromatic ring is 1. The Labute approximate surface area is 106 Å². The van der Waals surface area contributed by atoms with Crippen LogP contribution < -0.4 is 5.73 Å². The highest BCUT2D eigenvalue weighted by Crippen LogP contribution is 2.19. The second-order valence-corrected chi connectivity index (χ2v) is 4.13. The van der Waals surface area contributed by atoms with E-state index in [-0.39, 0.29) is 6.29 Å². The van der Waals surface area contributed by atoms with Crippen LogP contribution >= 0.6 is 0 Å². The van der Waals surface area contributed by atoms with Gasteiger partial charge in [-0.2, -0.15) is 0 Å². The smallest absolute Gasteiger partial charge is 0.337 e. The molecular formula is C13H17NO4. The van der Waals surface area contributed by atoms with Crippen molar-refractivity contribution >= 4 is 11.7 Å². The Morgan fingerprint density at radius 3 is 2.78 bits per heavy atom. The van der Waals surface area contributed by atoms with E-state index in [0.717, 1.165) is 12.0 Å². The van der Waals surface area contributed by atoms with Crippen molar-refractivity contribution in [3.63, 3.8) is 0 Å². The first-order chi connectivity index (χ1) is 8.70. The van der Waals surface area contributed by atoms with Gasteiger partial charge in [-0.1, -0.05) is 6.07 Å². The van der Waals surface area contributed by atoms with E-state index in [0.29, 0.717) is 30.9 Å². The number of carbonyl (C=O) groups excluding carboxylic acids is 1. The molecule has 1 saturated heterocycles. The van der Waals surface area contributed by atoms with E-state index in [2.05, 4.69) is 4.74 Å². The fraction of sp³-hybridized carbons (Fsp3) is 0.462. The van der Waals surface area contributed by atoms with Crippen LogP contribution in [0.3, 0.4) is 0 Å². The highest BCUT2D eigenvalue weighted by molar-refractivity contribution is 5.90. The molecule has 18 heavy (non-hydrogen) atoms. The van der Waals surface area contributed by atoms with Gasteiger partial charge >= 0.3 is 5.97 Å². The van der Waals surface area contributed by atoms with Gasteiger partial charge in [0, 0.05) is 12.1 Å². The van der Waals surface area contributed by atoms with Crippen LogP contribution in [0.15, 0.2) is 18.2 Å². The highest BCUT2D eigenvalue weighted by Gasteiger charge is 2.17. The van der Waals surface area contributed by atoms with E-state index >= 15 is 0 Å². The van der Waals surface area contributed by atoms with E-state index in [4.69, 9.17) is 15.2 Å². The topological polar surface area (TPSA) is 70.8 Å². The molecule has 5 nitrogen and oxygen atoms in total. The zero-order valence-electron chi connectivity index (χ0n) is 10.3. The molecule has 0 aromatic heterocycles. The number of benzene rings is 1. The summed E-state index contributed by atoms with van der Waals surface area (Å²) in [6, 6.07) is 5.12. The average Bonchev–Trinajstić information content (AvgIpc) is 2.41. The molecule has 0 aliphatic carbocycles. The zero-order valence-corrected chi connectivity index (χ0v) is 10.3. The minimum Gasteiger partial charge on any atom is -0.465 e. The van der Waals surface area contributed by atoms with Crippen molar-refractivity contribution in [1.82, 2.24) is 0 Å². The second kappa shape index (κ2) is 5.84. The fourth-order valence-corrected chi connectivity index (χ4v) is 1.86. The molecule has 0 amide bonds. The van der Waals surface area contributed by atoms with E-state index < -0.39 is 5.97 Å². The Morgan fingerprint density at radius 2 is 2.17 bits per heavy atom. The summed E-state index contributed by atoms with van der Waals surface area (Å²) >= 11 is 0. The third-order valence-corrected chi connectivity index (χ3v) is 2.85. The highest BCUT2D eigenvalue weighted by atomic mass is 16.7. The van der Waals surface area contributed by atoms with Crippen LogP contribution in [-0.4, -0.2) is 32.6 Å². The van der Waals surface area contributed by atoms with E-state index in [1.165, 1.54) is 7.11 Å². The minimum atomic E-state index is -0.390. The molecule has 1 fully saturated rings. The maximum absolute atomic E-state index is 11.3. The maximum Gasteiger partial charge on any atom is 0.337 e. The molecule has 1 aromatic rings. The fourth-order valence-electron chi connectivity index (χ4n) is 1.86. The number of nitrogens with two attached hydrogens (primary N) is 1. The molecule has 1 heterocycles. The standard InChI is InChI=1S/C13H17NO4/c1-16-13(15)10-4-3-9(11(14)7-10)8-12-17-5-2-6-18-12/h3-4,7,12H,2,5-6,8,14H2,1H3. The molecular weight excluding hydrogens is 234 g/mol. The summed E-state index contributed by atoms with van der Waals surface area (Å²) in [7, 11) is 1.34. The molecule has 1 aromatic carbocycles. The van der Waals surface area contributed by atoms with Gasteiger partial charge in [0.1, 0.15) is 0 Å². The largest absolute Gasteiger partial charge is 0.465 e. The molecule has 5 heteroatoms. The van der Waals surface area contributed by atoms with Gasteiger partial charge < -0.3 is 19.9 Å². The number of ether oxygens (including phenoxy) is 3. The van der Waals surface area contributed by atoms with Gasteiger partial charge in [0.15, 0.2) is 6.29 Å². The lowest BCUT2D eigenvalue weighted by Gasteiger charge is -2.23. The summed E-state index contributed by atoms with van der Waals surface area (Å²) < 4.78 is 15.6. The lowest BCUT2D eigenvalue weighted by atomic mass is 10.1. The summed E-state index contributed by atoms with van der Waals surface area (Å²) in [6.45, 7) is 1.43. The molecule has 0 radical (unpaired) electrons. The molecule has 0 unspecified atom stereocenters. The van der Waals surface area contributed by atoms with Crippen LogP contribution in [0.5, 0.6) is 0 Å². The predicted octanol–water partition coefficient (Wildman–Crippen LogP) is 1.36. The first kappa shape index (κ1) is 12.9. The third kappa shape index (κ3) is 3.00. The Kier molecular flexibility index (Phi) is 4.17. The van der Waals surface area contributed by atoms with Crippen LogP contribution in [-0.2, 0) is 20.6 Å². The molecule has 0 atom stereocenters. The van der Waals surface area contributed by atoms with Gasteiger partial charge in [-0.3, -0.25) is 0 Å². The van der Waals surface area contributed by atoms with Crippen LogP contribution in [0.4, 0.5) is 5.69 Å². The van der Waals surface area contributed by atoms with Crippen molar-refractivity contribution < 1.29 is 19.0 Å². The van der Waals surface area contributed by atoms with Gasteiger partial charge in [-0.25, -0.2) is 4.79 Å². The minimum absolute atomic E-state index is 0.245. The van der Waals surface area contributed by atoms with E-state index in [9.17, 15) is 4.79 Å². The number of rotatable bonds is 3. The number of methoxy groups -OCH3 is 1. The summed E-state index contributed by atoms with van der Waals surface area (Å²) in [4.78, 5) is 11.3. The second-order valence-electron chi connectivity index (χ2n) is 4.13. The molecule has 0 bridgehead atoms. The number of hydrogen-bond acceptors (Lipinski definition) is 5. The molecule has 0 saturated carbocycles. The Balaban J connectivity index is 2.07. The van der Waals surface area contributed by atoms with Crippen molar-refractivity contribution in [2.24, 2.45) is 0 Å². The number of hydrogen-bond donors (Lipinski definition) is 1. The van der Waals surface area contributed by atoms with Crippen molar-refractivity contribution in [3.8, 4) is 0 Å². The lowest BCUT2D eigenvalue weighted by molar-refractivity contribution is -0.176. The van der Waals surface area contributed by atoms with E-state index in [1.807, 2.05) is 6.07 Å². The van der Waals surface area contributed by atoms with Crippen LogP contribution in [0.25, 0.3) is 0 Å². The number of carbonyl (C=O) groups is 1. The normalized spacial score (nSPS) is 16.5. The molecule has 1 aliphatic rings. The third-order valence-electron chi connectivity index (χ3n) is 2.85.